The highest BCUT2D eigenvalue weighted by molar-refractivity contribution is 5.77. The third-order valence-electron chi connectivity index (χ3n) is 5.26. The molecule has 1 saturated heterocycles. The lowest BCUT2D eigenvalue weighted by atomic mass is 10.0. The van der Waals surface area contributed by atoms with Crippen LogP contribution in [0.3, 0.4) is 0 Å². The zero-order valence-corrected chi connectivity index (χ0v) is 18.0. The molecule has 170 valence electrons. The topological polar surface area (TPSA) is 69.5 Å². The number of rotatable bonds is 6. The van der Waals surface area contributed by atoms with Crippen LogP contribution in [0, 0.1) is 17.2 Å². The monoisotopic (exact) mass is 446 g/mol. The number of hydrogen-bond acceptors (Lipinski definition) is 5. The third kappa shape index (κ3) is 5.69. The molecule has 9 heteroatoms. The minimum Gasteiger partial charge on any atom is -0.490 e. The predicted molar refractivity (Wildman–Crippen MR) is 113 cm³/mol. The Morgan fingerprint density at radius 2 is 2.09 bits per heavy atom. The molecule has 2 aromatic rings. The van der Waals surface area contributed by atoms with Crippen molar-refractivity contribution >= 4 is 11.6 Å². The summed E-state index contributed by atoms with van der Waals surface area (Å²) in [4.78, 5) is 20.4. The number of nitriles is 1. The van der Waals surface area contributed by atoms with Crippen LogP contribution in [0.25, 0.3) is 0 Å². The summed E-state index contributed by atoms with van der Waals surface area (Å²) < 4.78 is 46.0. The molecule has 0 saturated carbocycles. The average Bonchev–Trinajstić information content (AvgIpc) is 2.76. The molecule has 1 atom stereocenters. The number of alkyl halides is 3. The smallest absolute Gasteiger partial charge is 0.417 e. The predicted octanol–water partition coefficient (Wildman–Crippen LogP) is 4.11. The summed E-state index contributed by atoms with van der Waals surface area (Å²) in [7, 11) is 0. The highest BCUT2D eigenvalue weighted by Gasteiger charge is 2.36. The molecule has 1 aliphatic heterocycles. The first-order chi connectivity index (χ1) is 15.2. The van der Waals surface area contributed by atoms with E-state index in [0.717, 1.165) is 6.07 Å². The zero-order valence-electron chi connectivity index (χ0n) is 18.0. The normalized spacial score (nSPS) is 16.7. The molecule has 0 spiro atoms. The highest BCUT2D eigenvalue weighted by atomic mass is 19.4. The van der Waals surface area contributed by atoms with Gasteiger partial charge in [-0.2, -0.15) is 18.4 Å². The average molecular weight is 446 g/mol. The standard InChI is InChI=1S/C23H25F3N4O2/c1-16(2)10-22(31)30-9-8-29(14-19(30)15-32-20-4-3-7-28-13-20)18-6-5-17(12-27)21(11-18)23(24,25)26/h3-7,11,13,16,19H,8-10,14-15H2,1-2H3. The maximum Gasteiger partial charge on any atom is 0.417 e. The van der Waals surface area contributed by atoms with Crippen LogP contribution < -0.4 is 9.64 Å². The maximum atomic E-state index is 13.4. The fourth-order valence-electron chi connectivity index (χ4n) is 3.71. The number of ether oxygens (including phenoxy) is 1. The Morgan fingerprint density at radius 3 is 2.72 bits per heavy atom. The second-order valence-corrected chi connectivity index (χ2v) is 8.12. The fourth-order valence-corrected chi connectivity index (χ4v) is 3.71. The van der Waals surface area contributed by atoms with E-state index in [0.29, 0.717) is 37.5 Å². The number of carbonyl (C=O) groups excluding carboxylic acids is 1. The van der Waals surface area contributed by atoms with Crippen molar-refractivity contribution in [2.45, 2.75) is 32.5 Å². The molecule has 1 aromatic carbocycles. The van der Waals surface area contributed by atoms with E-state index in [1.807, 2.05) is 13.8 Å². The van der Waals surface area contributed by atoms with Crippen molar-refractivity contribution in [2.75, 3.05) is 31.1 Å². The van der Waals surface area contributed by atoms with Crippen molar-refractivity contribution in [1.82, 2.24) is 9.88 Å². The lowest BCUT2D eigenvalue weighted by Gasteiger charge is -2.42. The molecule has 0 aliphatic carbocycles. The Labute approximate surface area is 185 Å². The van der Waals surface area contributed by atoms with E-state index >= 15 is 0 Å². The first-order valence-corrected chi connectivity index (χ1v) is 10.4. The second-order valence-electron chi connectivity index (χ2n) is 8.12. The summed E-state index contributed by atoms with van der Waals surface area (Å²) in [6.45, 7) is 5.18. The van der Waals surface area contributed by atoms with E-state index in [-0.39, 0.29) is 24.5 Å². The van der Waals surface area contributed by atoms with Gasteiger partial charge < -0.3 is 14.5 Å². The molecule has 2 heterocycles. The van der Waals surface area contributed by atoms with Crippen molar-refractivity contribution in [1.29, 1.82) is 5.26 Å². The van der Waals surface area contributed by atoms with Crippen molar-refractivity contribution < 1.29 is 22.7 Å². The summed E-state index contributed by atoms with van der Waals surface area (Å²) in [6, 6.07) is 8.45. The van der Waals surface area contributed by atoms with Gasteiger partial charge in [0.2, 0.25) is 5.91 Å². The molecular formula is C23H25F3N4O2. The van der Waals surface area contributed by atoms with Gasteiger partial charge in [0.1, 0.15) is 12.4 Å². The molecule has 1 unspecified atom stereocenters. The molecule has 1 aliphatic rings. The van der Waals surface area contributed by atoms with Gasteiger partial charge in [0.25, 0.3) is 0 Å². The highest BCUT2D eigenvalue weighted by Crippen LogP contribution is 2.35. The Bertz CT molecular complexity index is 973. The molecule has 1 aromatic heterocycles. The van der Waals surface area contributed by atoms with Crippen LogP contribution in [-0.4, -0.2) is 48.1 Å². The summed E-state index contributed by atoms with van der Waals surface area (Å²) in [5, 5.41) is 9.04. The number of nitrogens with zero attached hydrogens (tertiary/aromatic N) is 4. The fraction of sp³-hybridized carbons (Fsp3) is 0.435. The molecule has 6 nitrogen and oxygen atoms in total. The number of halogens is 3. The van der Waals surface area contributed by atoms with E-state index < -0.39 is 17.3 Å². The number of aromatic nitrogens is 1. The Morgan fingerprint density at radius 1 is 1.31 bits per heavy atom. The minimum atomic E-state index is -4.63. The number of anilines is 1. The second kappa shape index (κ2) is 9.90. The van der Waals surface area contributed by atoms with E-state index in [9.17, 15) is 18.0 Å². The van der Waals surface area contributed by atoms with Crippen molar-refractivity contribution in [2.24, 2.45) is 5.92 Å². The van der Waals surface area contributed by atoms with Crippen LogP contribution in [0.1, 0.15) is 31.4 Å². The largest absolute Gasteiger partial charge is 0.490 e. The summed E-state index contributed by atoms with van der Waals surface area (Å²) in [5.74, 6) is 0.738. The summed E-state index contributed by atoms with van der Waals surface area (Å²) in [6.07, 6.45) is -1.05. The van der Waals surface area contributed by atoms with E-state index in [4.69, 9.17) is 10.00 Å². The van der Waals surface area contributed by atoms with Gasteiger partial charge in [0.05, 0.1) is 29.4 Å². The number of pyridine rings is 1. The quantitative estimate of drug-likeness (QED) is 0.668. The van der Waals surface area contributed by atoms with Crippen LogP contribution >= 0.6 is 0 Å². The van der Waals surface area contributed by atoms with Crippen molar-refractivity contribution in [3.05, 3.63) is 53.9 Å². The SMILES string of the molecule is CC(C)CC(=O)N1CCN(c2ccc(C#N)c(C(F)(F)F)c2)CC1COc1cccnc1. The lowest BCUT2D eigenvalue weighted by Crippen LogP contribution is -2.57. The first kappa shape index (κ1) is 23.4. The van der Waals surface area contributed by atoms with Crippen LogP contribution in [0.15, 0.2) is 42.7 Å². The van der Waals surface area contributed by atoms with Crippen LogP contribution in [0.4, 0.5) is 18.9 Å². The van der Waals surface area contributed by atoms with E-state index in [2.05, 4.69) is 4.98 Å². The molecule has 0 N–H and O–H groups in total. The number of piperazine rings is 1. The number of benzene rings is 1. The molecule has 0 radical (unpaired) electrons. The Balaban J connectivity index is 1.83. The first-order valence-electron chi connectivity index (χ1n) is 10.4. The van der Waals surface area contributed by atoms with E-state index in [1.165, 1.54) is 12.1 Å². The van der Waals surface area contributed by atoms with Crippen LogP contribution in [0.5, 0.6) is 5.75 Å². The molecular weight excluding hydrogens is 421 g/mol. The van der Waals surface area contributed by atoms with Gasteiger partial charge in [-0.25, -0.2) is 0 Å². The summed E-state index contributed by atoms with van der Waals surface area (Å²) in [5.41, 5.74) is -1.01. The van der Waals surface area contributed by atoms with Crippen molar-refractivity contribution in [3.63, 3.8) is 0 Å². The van der Waals surface area contributed by atoms with Gasteiger partial charge in [-0.3, -0.25) is 9.78 Å². The summed E-state index contributed by atoms with van der Waals surface area (Å²) >= 11 is 0. The number of amides is 1. The van der Waals surface area contributed by atoms with Gasteiger partial charge in [-0.15, -0.1) is 0 Å². The molecule has 3 rings (SSSR count). The molecule has 0 bridgehead atoms. The number of carbonyl (C=O) groups is 1. The number of hydrogen-bond donors (Lipinski definition) is 0. The molecule has 1 fully saturated rings. The van der Waals surface area contributed by atoms with Gasteiger partial charge in [-0.1, -0.05) is 13.8 Å². The van der Waals surface area contributed by atoms with Crippen LogP contribution in [0.2, 0.25) is 0 Å². The van der Waals surface area contributed by atoms with E-state index in [1.54, 1.807) is 40.4 Å². The van der Waals surface area contributed by atoms with Gasteiger partial charge >= 0.3 is 6.18 Å². The minimum absolute atomic E-state index is 0.00440. The molecule has 1 amide bonds. The van der Waals surface area contributed by atoms with Crippen molar-refractivity contribution in [3.8, 4) is 11.8 Å². The third-order valence-corrected chi connectivity index (χ3v) is 5.26. The Hall–Kier alpha value is -3.28. The Kier molecular flexibility index (Phi) is 7.23. The van der Waals surface area contributed by atoms with Gasteiger partial charge in [-0.05, 0) is 36.2 Å². The lowest BCUT2D eigenvalue weighted by molar-refractivity contribution is -0.137. The molecule has 32 heavy (non-hydrogen) atoms. The maximum absolute atomic E-state index is 13.4. The van der Waals surface area contributed by atoms with Gasteiger partial charge in [0.15, 0.2) is 0 Å². The van der Waals surface area contributed by atoms with Crippen LogP contribution in [-0.2, 0) is 11.0 Å². The van der Waals surface area contributed by atoms with Gasteiger partial charge in [0, 0.05) is 37.9 Å². The zero-order chi connectivity index (χ0) is 23.3.